The molecule has 2 aliphatic rings. The summed E-state index contributed by atoms with van der Waals surface area (Å²) in [7, 11) is 0. The fraction of sp³-hybridized carbons (Fsp3) is 0.727. The molecule has 2 atom stereocenters. The Morgan fingerprint density at radius 3 is 1.71 bits per heavy atom. The zero-order valence-electron chi connectivity index (χ0n) is 18.0. The third-order valence-electron chi connectivity index (χ3n) is 5.45. The van der Waals surface area contributed by atoms with Crippen molar-refractivity contribution in [3.05, 3.63) is 25.3 Å². The summed E-state index contributed by atoms with van der Waals surface area (Å²) >= 11 is 0. The van der Waals surface area contributed by atoms with E-state index in [9.17, 15) is 9.59 Å². The Labute approximate surface area is 168 Å². The number of rotatable bonds is 5. The number of carboxylic acid groups (broad SMARTS) is 1. The van der Waals surface area contributed by atoms with Crippen molar-refractivity contribution in [3.63, 3.8) is 0 Å². The largest absolute Gasteiger partial charge is 0.481 e. The lowest BCUT2D eigenvalue weighted by molar-refractivity contribution is -0.166. The molecule has 28 heavy (non-hydrogen) atoms. The Balaban J connectivity index is 0.000000283. The minimum absolute atomic E-state index is 0.170. The molecular formula is C22H36O6. The average molecular weight is 397 g/mol. The van der Waals surface area contributed by atoms with Crippen LogP contribution in [0.1, 0.15) is 60.3 Å². The van der Waals surface area contributed by atoms with Crippen LogP contribution in [0.4, 0.5) is 0 Å². The van der Waals surface area contributed by atoms with Gasteiger partial charge in [0.25, 0.3) is 0 Å². The molecule has 6 nitrogen and oxygen atoms in total. The number of carboxylic acids is 1. The van der Waals surface area contributed by atoms with Crippen LogP contribution in [0.25, 0.3) is 0 Å². The Hall–Kier alpha value is -1.66. The second-order valence-electron chi connectivity index (χ2n) is 8.82. The minimum atomic E-state index is -0.793. The van der Waals surface area contributed by atoms with E-state index in [1.54, 1.807) is 12.2 Å². The van der Waals surface area contributed by atoms with Gasteiger partial charge in [0.05, 0.1) is 28.6 Å². The highest BCUT2D eigenvalue weighted by molar-refractivity contribution is 5.79. The third kappa shape index (κ3) is 5.92. The molecule has 0 radical (unpaired) electrons. The summed E-state index contributed by atoms with van der Waals surface area (Å²) in [4.78, 5) is 23.0. The highest BCUT2D eigenvalue weighted by Gasteiger charge is 2.45. The first-order valence-electron chi connectivity index (χ1n) is 9.83. The molecule has 6 heteroatoms. The summed E-state index contributed by atoms with van der Waals surface area (Å²) in [6.45, 7) is 18.5. The Bertz CT molecular complexity index is 594. The number of carbonyl (C=O) groups excluding carboxylic acids is 1. The monoisotopic (exact) mass is 396 g/mol. The van der Waals surface area contributed by atoms with Crippen molar-refractivity contribution < 1.29 is 28.9 Å². The number of esters is 1. The highest BCUT2D eigenvalue weighted by atomic mass is 16.5. The van der Waals surface area contributed by atoms with E-state index in [1.165, 1.54) is 0 Å². The van der Waals surface area contributed by atoms with Crippen LogP contribution in [-0.4, -0.2) is 48.1 Å². The van der Waals surface area contributed by atoms with E-state index < -0.39 is 16.8 Å². The van der Waals surface area contributed by atoms with Crippen LogP contribution in [0.2, 0.25) is 0 Å². The number of hydrogen-bond acceptors (Lipinski definition) is 5. The van der Waals surface area contributed by atoms with Crippen molar-refractivity contribution in [1.29, 1.82) is 0 Å². The van der Waals surface area contributed by atoms with E-state index >= 15 is 0 Å². The van der Waals surface area contributed by atoms with Crippen LogP contribution in [0.5, 0.6) is 0 Å². The quantitative estimate of drug-likeness (QED) is 0.555. The van der Waals surface area contributed by atoms with Gasteiger partial charge in [0.1, 0.15) is 0 Å². The van der Waals surface area contributed by atoms with Gasteiger partial charge in [0.2, 0.25) is 0 Å². The molecule has 2 heterocycles. The fourth-order valence-electron chi connectivity index (χ4n) is 3.97. The van der Waals surface area contributed by atoms with Gasteiger partial charge in [-0.3, -0.25) is 9.59 Å². The molecule has 160 valence electrons. The van der Waals surface area contributed by atoms with E-state index in [0.29, 0.717) is 45.5 Å². The standard InChI is InChI=1S/C12H20O3.C10H16O3/c1-5-12(10(13)14-6-2)7-8-15-11(3,4)9-12;1-4-10(8(11)12)5-6-13-9(2,3)7-10/h5H,1,6-9H2,2-4H3;4H,1,5-7H2,2-3H3,(H,11,12). The van der Waals surface area contributed by atoms with E-state index in [1.807, 2.05) is 34.6 Å². The third-order valence-corrected chi connectivity index (χ3v) is 5.45. The van der Waals surface area contributed by atoms with Crippen LogP contribution in [0.15, 0.2) is 25.3 Å². The molecule has 0 aromatic heterocycles. The first-order valence-corrected chi connectivity index (χ1v) is 9.83. The van der Waals surface area contributed by atoms with Gasteiger partial charge in [0, 0.05) is 13.2 Å². The van der Waals surface area contributed by atoms with Gasteiger partial charge >= 0.3 is 11.9 Å². The molecule has 0 bridgehead atoms. The van der Waals surface area contributed by atoms with E-state index in [0.717, 1.165) is 0 Å². The molecule has 0 aromatic rings. The molecule has 2 aliphatic heterocycles. The molecule has 0 saturated carbocycles. The van der Waals surface area contributed by atoms with Gasteiger partial charge in [-0.1, -0.05) is 12.2 Å². The van der Waals surface area contributed by atoms with Gasteiger partial charge in [-0.25, -0.2) is 0 Å². The average Bonchev–Trinajstić information content (AvgIpc) is 2.60. The maximum Gasteiger partial charge on any atom is 0.316 e. The lowest BCUT2D eigenvalue weighted by atomic mass is 9.74. The van der Waals surface area contributed by atoms with Crippen molar-refractivity contribution >= 4 is 11.9 Å². The number of ether oxygens (including phenoxy) is 3. The molecule has 0 aliphatic carbocycles. The normalized spacial score (nSPS) is 30.9. The molecule has 0 spiro atoms. The maximum atomic E-state index is 11.9. The van der Waals surface area contributed by atoms with Crippen LogP contribution in [0, 0.1) is 10.8 Å². The highest BCUT2D eigenvalue weighted by Crippen LogP contribution is 2.41. The topological polar surface area (TPSA) is 82.1 Å². The summed E-state index contributed by atoms with van der Waals surface area (Å²) < 4.78 is 16.2. The van der Waals surface area contributed by atoms with Gasteiger partial charge in [0.15, 0.2) is 0 Å². The zero-order valence-corrected chi connectivity index (χ0v) is 18.0. The first-order chi connectivity index (χ1) is 12.9. The predicted molar refractivity (Wildman–Crippen MR) is 108 cm³/mol. The number of carbonyl (C=O) groups is 2. The lowest BCUT2D eigenvalue weighted by Crippen LogP contribution is -2.45. The summed E-state index contributed by atoms with van der Waals surface area (Å²) in [5.41, 5.74) is -1.98. The Morgan fingerprint density at radius 2 is 1.39 bits per heavy atom. The molecule has 2 unspecified atom stereocenters. The van der Waals surface area contributed by atoms with Crippen molar-refractivity contribution in [1.82, 2.24) is 0 Å². The lowest BCUT2D eigenvalue weighted by Gasteiger charge is -2.41. The van der Waals surface area contributed by atoms with Crippen LogP contribution in [0.3, 0.4) is 0 Å². The molecule has 0 aromatic carbocycles. The molecule has 1 N–H and O–H groups in total. The van der Waals surface area contributed by atoms with E-state index in [-0.39, 0.29) is 17.2 Å². The smallest absolute Gasteiger partial charge is 0.316 e. The fourth-order valence-corrected chi connectivity index (χ4v) is 3.97. The SMILES string of the molecule is C=CC1(C(=O)O)CCOC(C)(C)C1.C=CC1(C(=O)OCC)CCOC(C)(C)C1. The van der Waals surface area contributed by atoms with Crippen molar-refractivity contribution in [3.8, 4) is 0 Å². The second-order valence-corrected chi connectivity index (χ2v) is 8.82. The van der Waals surface area contributed by atoms with Gasteiger partial charge in [-0.05, 0) is 60.3 Å². The van der Waals surface area contributed by atoms with Crippen molar-refractivity contribution in [2.75, 3.05) is 19.8 Å². The summed E-state index contributed by atoms with van der Waals surface area (Å²) in [6.07, 6.45) is 5.59. The number of aliphatic carboxylic acids is 1. The van der Waals surface area contributed by atoms with Crippen molar-refractivity contribution in [2.24, 2.45) is 10.8 Å². The van der Waals surface area contributed by atoms with Crippen LogP contribution >= 0.6 is 0 Å². The number of hydrogen-bond donors (Lipinski definition) is 1. The Kier molecular flexibility index (Phi) is 8.03. The van der Waals surface area contributed by atoms with Crippen LogP contribution in [-0.2, 0) is 23.8 Å². The van der Waals surface area contributed by atoms with Crippen LogP contribution < -0.4 is 0 Å². The van der Waals surface area contributed by atoms with E-state index in [2.05, 4.69) is 13.2 Å². The molecule has 2 fully saturated rings. The van der Waals surface area contributed by atoms with Crippen molar-refractivity contribution in [2.45, 2.75) is 71.5 Å². The second kappa shape index (κ2) is 9.23. The zero-order chi connectivity index (χ0) is 21.6. The predicted octanol–water partition coefficient (Wildman–Crippen LogP) is 4.14. The van der Waals surface area contributed by atoms with Gasteiger partial charge < -0.3 is 19.3 Å². The molecule has 2 saturated heterocycles. The first kappa shape index (κ1) is 24.4. The maximum absolute atomic E-state index is 11.9. The van der Waals surface area contributed by atoms with Gasteiger partial charge in [-0.15, -0.1) is 13.2 Å². The van der Waals surface area contributed by atoms with Gasteiger partial charge in [-0.2, -0.15) is 0 Å². The summed E-state index contributed by atoms with van der Waals surface area (Å²) in [5, 5.41) is 9.09. The molecule has 0 amide bonds. The minimum Gasteiger partial charge on any atom is -0.481 e. The summed E-state index contributed by atoms with van der Waals surface area (Å²) in [6, 6.07) is 0. The Morgan fingerprint density at radius 1 is 0.964 bits per heavy atom. The molecular weight excluding hydrogens is 360 g/mol. The molecule has 2 rings (SSSR count). The summed E-state index contributed by atoms with van der Waals surface area (Å²) in [5.74, 6) is -0.963. The van der Waals surface area contributed by atoms with E-state index in [4.69, 9.17) is 19.3 Å².